The largest absolute Gasteiger partial charge is 0.344 e. The van der Waals surface area contributed by atoms with E-state index in [0.717, 1.165) is 11.6 Å². The smallest absolute Gasteiger partial charge is 0.129 e. The van der Waals surface area contributed by atoms with Crippen LogP contribution in [0.15, 0.2) is 12.1 Å². The van der Waals surface area contributed by atoms with Crippen molar-refractivity contribution in [2.24, 2.45) is 0 Å². The van der Waals surface area contributed by atoms with E-state index in [9.17, 15) is 8.78 Å². The second kappa shape index (κ2) is 2.02. The SMILES string of the molecule is Fc1cc(F)c2c(c1)C2.N. The van der Waals surface area contributed by atoms with E-state index in [1.807, 2.05) is 0 Å². The van der Waals surface area contributed by atoms with Gasteiger partial charge in [0, 0.05) is 12.5 Å². The van der Waals surface area contributed by atoms with Crippen molar-refractivity contribution >= 4 is 0 Å². The van der Waals surface area contributed by atoms with Gasteiger partial charge in [-0.25, -0.2) is 8.78 Å². The summed E-state index contributed by atoms with van der Waals surface area (Å²) in [6.45, 7) is 0. The van der Waals surface area contributed by atoms with Crippen molar-refractivity contribution in [2.45, 2.75) is 6.42 Å². The van der Waals surface area contributed by atoms with Crippen LogP contribution in [-0.2, 0) is 6.42 Å². The quantitative estimate of drug-likeness (QED) is 0.601. The molecule has 3 heteroatoms. The van der Waals surface area contributed by atoms with E-state index in [4.69, 9.17) is 0 Å². The average Bonchev–Trinajstić information content (AvgIpc) is 2.43. The second-order valence-electron chi connectivity index (χ2n) is 2.20. The van der Waals surface area contributed by atoms with Gasteiger partial charge in [0.1, 0.15) is 11.6 Å². The molecule has 0 spiro atoms. The fourth-order valence-corrected chi connectivity index (χ4v) is 0.939. The summed E-state index contributed by atoms with van der Waals surface area (Å²) in [5, 5.41) is 0. The van der Waals surface area contributed by atoms with Crippen LogP contribution in [0.25, 0.3) is 0 Å². The van der Waals surface area contributed by atoms with Crippen LogP contribution in [0.3, 0.4) is 0 Å². The monoisotopic (exact) mass is 143 g/mol. The standard InChI is InChI=1S/C7H4F2.H3N/c8-5-1-4-2-6(4)7(9)3-5;/h1,3H,2H2;1H3. The fourth-order valence-electron chi connectivity index (χ4n) is 0.939. The molecule has 0 fully saturated rings. The van der Waals surface area contributed by atoms with E-state index in [-0.39, 0.29) is 6.15 Å². The predicted molar refractivity (Wildman–Crippen MR) is 34.2 cm³/mol. The van der Waals surface area contributed by atoms with Gasteiger partial charge >= 0.3 is 0 Å². The normalized spacial score (nSPS) is 11.8. The Morgan fingerprint density at radius 3 is 2.50 bits per heavy atom. The maximum absolute atomic E-state index is 12.4. The van der Waals surface area contributed by atoms with Gasteiger partial charge in [-0.2, -0.15) is 0 Å². The average molecular weight is 143 g/mol. The maximum atomic E-state index is 12.4. The summed E-state index contributed by atoms with van der Waals surface area (Å²) in [6.07, 6.45) is 0.635. The Hall–Kier alpha value is -0.960. The van der Waals surface area contributed by atoms with Crippen molar-refractivity contribution in [1.82, 2.24) is 6.15 Å². The second-order valence-corrected chi connectivity index (χ2v) is 2.20. The molecule has 1 aromatic rings. The summed E-state index contributed by atoms with van der Waals surface area (Å²) in [7, 11) is 0. The molecule has 1 aliphatic carbocycles. The Bertz CT molecular complexity index is 270. The molecule has 10 heavy (non-hydrogen) atoms. The van der Waals surface area contributed by atoms with Crippen LogP contribution in [0.4, 0.5) is 8.78 Å². The lowest BCUT2D eigenvalue weighted by atomic mass is 10.3. The van der Waals surface area contributed by atoms with Crippen molar-refractivity contribution < 1.29 is 8.78 Å². The molecule has 0 aliphatic heterocycles. The third-order valence-corrected chi connectivity index (χ3v) is 1.49. The zero-order valence-electron chi connectivity index (χ0n) is 5.32. The molecule has 3 N–H and O–H groups in total. The first kappa shape index (κ1) is 7.15. The molecule has 0 aromatic heterocycles. The molecule has 1 aliphatic rings. The molecule has 0 saturated carbocycles. The van der Waals surface area contributed by atoms with Crippen LogP contribution < -0.4 is 6.15 Å². The van der Waals surface area contributed by atoms with E-state index in [1.165, 1.54) is 6.07 Å². The first-order valence-corrected chi connectivity index (χ1v) is 2.74. The molecule has 1 nitrogen and oxygen atoms in total. The van der Waals surface area contributed by atoms with Gasteiger partial charge in [-0.3, -0.25) is 0 Å². The van der Waals surface area contributed by atoms with Gasteiger partial charge in [0.15, 0.2) is 0 Å². The van der Waals surface area contributed by atoms with Crippen LogP contribution >= 0.6 is 0 Å². The Labute approximate surface area is 57.3 Å². The molecule has 0 unspecified atom stereocenters. The minimum Gasteiger partial charge on any atom is -0.344 e. The number of benzene rings is 1. The molecule has 1 aromatic carbocycles. The predicted octanol–water partition coefficient (Wildman–Crippen LogP) is 2.03. The first-order chi connectivity index (χ1) is 4.27. The highest BCUT2D eigenvalue weighted by atomic mass is 19.1. The summed E-state index contributed by atoms with van der Waals surface area (Å²) in [6, 6.07) is 2.30. The number of hydrogen-bond donors (Lipinski definition) is 1. The molecule has 0 heterocycles. The molecule has 0 bridgehead atoms. The topological polar surface area (TPSA) is 35.0 Å². The lowest BCUT2D eigenvalue weighted by molar-refractivity contribution is 0.584. The van der Waals surface area contributed by atoms with Gasteiger partial charge in [0.2, 0.25) is 0 Å². The van der Waals surface area contributed by atoms with Gasteiger partial charge in [-0.15, -0.1) is 0 Å². The summed E-state index contributed by atoms with van der Waals surface area (Å²) < 4.78 is 24.6. The molecule has 54 valence electrons. The van der Waals surface area contributed by atoms with Crippen molar-refractivity contribution in [1.29, 1.82) is 0 Å². The number of hydrogen-bond acceptors (Lipinski definition) is 1. The Morgan fingerprint density at radius 2 is 1.90 bits per heavy atom. The van der Waals surface area contributed by atoms with E-state index in [1.54, 1.807) is 0 Å². The highest BCUT2D eigenvalue weighted by Crippen LogP contribution is 2.30. The van der Waals surface area contributed by atoms with Crippen molar-refractivity contribution in [3.05, 3.63) is 34.9 Å². The van der Waals surface area contributed by atoms with E-state index >= 15 is 0 Å². The molecule has 0 atom stereocenters. The van der Waals surface area contributed by atoms with Crippen LogP contribution in [0, 0.1) is 11.6 Å². The first-order valence-electron chi connectivity index (χ1n) is 2.74. The van der Waals surface area contributed by atoms with E-state index in [2.05, 4.69) is 0 Å². The summed E-state index contributed by atoms with van der Waals surface area (Å²) in [4.78, 5) is 0. The maximum Gasteiger partial charge on any atom is 0.129 e. The van der Waals surface area contributed by atoms with E-state index < -0.39 is 11.6 Å². The van der Waals surface area contributed by atoms with Gasteiger partial charge < -0.3 is 6.15 Å². The van der Waals surface area contributed by atoms with Gasteiger partial charge in [-0.05, 0) is 17.2 Å². The van der Waals surface area contributed by atoms with Gasteiger partial charge in [-0.1, -0.05) is 0 Å². The highest BCUT2D eigenvalue weighted by Gasteiger charge is 2.22. The van der Waals surface area contributed by atoms with Gasteiger partial charge in [0.25, 0.3) is 0 Å². The highest BCUT2D eigenvalue weighted by molar-refractivity contribution is 5.45. The molecule has 0 saturated heterocycles. The van der Waals surface area contributed by atoms with E-state index in [0.29, 0.717) is 12.0 Å². The van der Waals surface area contributed by atoms with Crippen molar-refractivity contribution in [2.75, 3.05) is 0 Å². The van der Waals surface area contributed by atoms with Crippen molar-refractivity contribution in [3.8, 4) is 0 Å². The molecule has 0 radical (unpaired) electrons. The zero-order chi connectivity index (χ0) is 6.43. The minimum absolute atomic E-state index is 0. The molecular weight excluding hydrogens is 136 g/mol. The summed E-state index contributed by atoms with van der Waals surface area (Å²) in [5.74, 6) is -0.867. The number of halogens is 2. The third kappa shape index (κ3) is 0.885. The van der Waals surface area contributed by atoms with Crippen LogP contribution in [0.5, 0.6) is 0 Å². The molecule has 2 rings (SSSR count). The lowest BCUT2D eigenvalue weighted by Crippen LogP contribution is -1.74. The summed E-state index contributed by atoms with van der Waals surface area (Å²) >= 11 is 0. The molecule has 0 amide bonds. The van der Waals surface area contributed by atoms with Gasteiger partial charge in [0.05, 0.1) is 0 Å². The molecular formula is C7H7F2N. The van der Waals surface area contributed by atoms with Crippen LogP contribution in [0.1, 0.15) is 11.1 Å². The zero-order valence-corrected chi connectivity index (χ0v) is 5.32. The van der Waals surface area contributed by atoms with Crippen LogP contribution in [-0.4, -0.2) is 0 Å². The third-order valence-electron chi connectivity index (χ3n) is 1.49. The number of rotatable bonds is 0. The number of fused-ring (bicyclic) bond motifs is 1. The fraction of sp³-hybridized carbons (Fsp3) is 0.143. The van der Waals surface area contributed by atoms with Crippen molar-refractivity contribution in [3.63, 3.8) is 0 Å². The Morgan fingerprint density at radius 1 is 1.20 bits per heavy atom. The Kier molecular flexibility index (Phi) is 1.45. The lowest BCUT2D eigenvalue weighted by Gasteiger charge is -1.83. The minimum atomic E-state index is -0.469. The Balaban J connectivity index is 0.000000500. The summed E-state index contributed by atoms with van der Waals surface area (Å²) in [5.41, 5.74) is 1.49. The van der Waals surface area contributed by atoms with Crippen LogP contribution in [0.2, 0.25) is 0 Å².